The highest BCUT2D eigenvalue weighted by Gasteiger charge is 2.26. The third-order valence-corrected chi connectivity index (χ3v) is 6.62. The predicted octanol–water partition coefficient (Wildman–Crippen LogP) is 4.43. The highest BCUT2D eigenvalue weighted by molar-refractivity contribution is 5.34. The van der Waals surface area contributed by atoms with Crippen molar-refractivity contribution in [2.75, 3.05) is 45.9 Å². The molecule has 2 atom stereocenters. The van der Waals surface area contributed by atoms with Crippen LogP contribution in [-0.2, 0) is 4.74 Å². The maximum absolute atomic E-state index is 5.63. The molecule has 0 amide bonds. The van der Waals surface area contributed by atoms with Gasteiger partial charge in [-0.15, -0.1) is 0 Å². The van der Waals surface area contributed by atoms with Gasteiger partial charge in [0.05, 0.1) is 19.3 Å². The third kappa shape index (κ3) is 6.26. The van der Waals surface area contributed by atoms with Gasteiger partial charge in [-0.1, -0.05) is 61.2 Å². The van der Waals surface area contributed by atoms with E-state index in [1.54, 1.807) is 0 Å². The number of morpholine rings is 1. The number of rotatable bonds is 8. The van der Waals surface area contributed by atoms with E-state index >= 15 is 0 Å². The van der Waals surface area contributed by atoms with Gasteiger partial charge < -0.3 is 9.64 Å². The molecule has 1 aromatic rings. The van der Waals surface area contributed by atoms with Gasteiger partial charge in [0, 0.05) is 32.4 Å². The lowest BCUT2D eigenvalue weighted by atomic mass is 9.91. The van der Waals surface area contributed by atoms with Crippen LogP contribution in [0.5, 0.6) is 0 Å². The topological polar surface area (TPSA) is 31.0 Å². The van der Waals surface area contributed by atoms with Gasteiger partial charge >= 0.3 is 0 Å². The number of nitrogens with one attached hydrogen (secondary N) is 1. The number of likely N-dealkylation sites (tertiary alicyclic amines) is 1. The Morgan fingerprint density at radius 3 is 2.76 bits per heavy atom. The van der Waals surface area contributed by atoms with E-state index in [0.29, 0.717) is 5.92 Å². The molecule has 0 aliphatic carbocycles. The quantitative estimate of drug-likeness (QED) is 0.597. The number of allylic oxidation sites excluding steroid dienone is 3. The van der Waals surface area contributed by atoms with Gasteiger partial charge in [0.15, 0.2) is 0 Å². The molecule has 0 aromatic heterocycles. The molecule has 0 radical (unpaired) electrons. The van der Waals surface area contributed by atoms with Crippen LogP contribution < -0.4 is 5.43 Å². The van der Waals surface area contributed by atoms with E-state index in [9.17, 15) is 0 Å². The molecule has 3 aliphatic heterocycles. The van der Waals surface area contributed by atoms with Crippen LogP contribution in [0.25, 0.3) is 0 Å². The number of hydrazine groups is 1. The number of piperidine rings is 1. The van der Waals surface area contributed by atoms with Crippen LogP contribution >= 0.6 is 0 Å². The Morgan fingerprint density at radius 1 is 1.18 bits per heavy atom. The summed E-state index contributed by atoms with van der Waals surface area (Å²) in [5.74, 6) is 1.85. The van der Waals surface area contributed by atoms with Crippen LogP contribution in [0.1, 0.15) is 31.2 Å². The Kier molecular flexibility index (Phi) is 8.59. The van der Waals surface area contributed by atoms with Crippen LogP contribution in [0, 0.1) is 0 Å². The van der Waals surface area contributed by atoms with E-state index in [0.717, 1.165) is 45.9 Å². The molecule has 0 saturated carbocycles. The van der Waals surface area contributed by atoms with Crippen molar-refractivity contribution in [3.05, 3.63) is 96.5 Å². The van der Waals surface area contributed by atoms with E-state index in [1.165, 1.54) is 29.8 Å². The zero-order chi connectivity index (χ0) is 22.9. The minimum atomic E-state index is 0.140. The molecular formula is C28H38N4O. The van der Waals surface area contributed by atoms with E-state index in [-0.39, 0.29) is 6.04 Å². The van der Waals surface area contributed by atoms with Gasteiger partial charge in [0.2, 0.25) is 0 Å². The molecule has 0 bridgehead atoms. The number of ether oxygens (including phenoxy) is 1. The van der Waals surface area contributed by atoms with Crippen molar-refractivity contribution in [2.24, 2.45) is 0 Å². The van der Waals surface area contributed by atoms with Gasteiger partial charge in [-0.05, 0) is 55.5 Å². The van der Waals surface area contributed by atoms with Crippen molar-refractivity contribution in [1.29, 1.82) is 0 Å². The van der Waals surface area contributed by atoms with Crippen molar-refractivity contribution in [3.63, 3.8) is 0 Å². The molecule has 3 heterocycles. The molecule has 176 valence electrons. The van der Waals surface area contributed by atoms with E-state index in [2.05, 4.69) is 93.7 Å². The van der Waals surface area contributed by atoms with Gasteiger partial charge in [0.25, 0.3) is 0 Å². The first-order valence-electron chi connectivity index (χ1n) is 12.3. The number of nitrogens with zero attached hydrogens (tertiary/aromatic N) is 3. The summed E-state index contributed by atoms with van der Waals surface area (Å²) in [6.07, 6.45) is 17.4. The molecular weight excluding hydrogens is 408 g/mol. The third-order valence-electron chi connectivity index (χ3n) is 6.62. The van der Waals surface area contributed by atoms with Crippen molar-refractivity contribution >= 4 is 0 Å². The average Bonchev–Trinajstić information content (AvgIpc) is 3.35. The van der Waals surface area contributed by atoms with Crippen molar-refractivity contribution in [1.82, 2.24) is 20.2 Å². The fraction of sp³-hybridized carbons (Fsp3) is 0.429. The van der Waals surface area contributed by atoms with Crippen molar-refractivity contribution < 1.29 is 4.74 Å². The lowest BCUT2D eigenvalue weighted by Crippen LogP contribution is -2.46. The Hall–Kier alpha value is -2.60. The first-order valence-corrected chi connectivity index (χ1v) is 12.3. The standard InChI is InChI=1S/C28H38N4O/c1-3-9-25(10-4-2)27-14-18-32(29-27)28(31-19-21-33-22-20-31)15-17-30-16-8-13-26(23-30)24-11-6-5-7-12-24/h3-7,9-12,14-15,18,26-27,29H,1,8,13,16-17,19-23H2,2H3/b10-4-,25-9+,28-15-. The summed E-state index contributed by atoms with van der Waals surface area (Å²) in [7, 11) is 0. The second-order valence-corrected chi connectivity index (χ2v) is 8.89. The fourth-order valence-corrected chi connectivity index (χ4v) is 4.93. The fourth-order valence-electron chi connectivity index (χ4n) is 4.93. The largest absolute Gasteiger partial charge is 0.378 e. The Bertz CT molecular complexity index is 882. The summed E-state index contributed by atoms with van der Waals surface area (Å²) in [4.78, 5) is 5.04. The van der Waals surface area contributed by atoms with E-state index < -0.39 is 0 Å². The number of hydrogen-bond donors (Lipinski definition) is 1. The highest BCUT2D eigenvalue weighted by Crippen LogP contribution is 2.27. The van der Waals surface area contributed by atoms with Crippen molar-refractivity contribution in [2.45, 2.75) is 31.7 Å². The Labute approximate surface area is 199 Å². The van der Waals surface area contributed by atoms with Gasteiger partial charge in [-0.2, -0.15) is 0 Å². The molecule has 0 spiro atoms. The lowest BCUT2D eigenvalue weighted by Gasteiger charge is -2.37. The Balaban J connectivity index is 1.46. The summed E-state index contributed by atoms with van der Waals surface area (Å²) in [6, 6.07) is 11.1. The van der Waals surface area contributed by atoms with Crippen molar-refractivity contribution in [3.8, 4) is 0 Å². The smallest absolute Gasteiger partial charge is 0.120 e. The van der Waals surface area contributed by atoms with E-state index in [1.807, 2.05) is 13.0 Å². The summed E-state index contributed by atoms with van der Waals surface area (Å²) in [6.45, 7) is 12.5. The van der Waals surface area contributed by atoms with Gasteiger partial charge in [-0.25, -0.2) is 5.43 Å². The summed E-state index contributed by atoms with van der Waals surface area (Å²) < 4.78 is 5.63. The number of hydrogen-bond acceptors (Lipinski definition) is 5. The Morgan fingerprint density at radius 2 is 2.00 bits per heavy atom. The summed E-state index contributed by atoms with van der Waals surface area (Å²) >= 11 is 0. The zero-order valence-corrected chi connectivity index (χ0v) is 19.9. The van der Waals surface area contributed by atoms with Crippen LogP contribution in [0.2, 0.25) is 0 Å². The molecule has 4 rings (SSSR count). The molecule has 5 heteroatoms. The number of benzene rings is 1. The normalized spacial score (nSPS) is 25.2. The molecule has 1 N–H and O–H groups in total. The molecule has 5 nitrogen and oxygen atoms in total. The lowest BCUT2D eigenvalue weighted by molar-refractivity contribution is 0.0377. The molecule has 3 aliphatic rings. The summed E-state index contributed by atoms with van der Waals surface area (Å²) in [5, 5.41) is 2.19. The monoisotopic (exact) mass is 446 g/mol. The maximum Gasteiger partial charge on any atom is 0.120 e. The second kappa shape index (κ2) is 12.0. The molecule has 1 aromatic carbocycles. The first kappa shape index (κ1) is 23.6. The molecule has 33 heavy (non-hydrogen) atoms. The highest BCUT2D eigenvalue weighted by atomic mass is 16.5. The summed E-state index contributed by atoms with van der Waals surface area (Å²) in [5.41, 5.74) is 6.34. The molecule has 2 fully saturated rings. The first-order chi connectivity index (χ1) is 16.3. The van der Waals surface area contributed by atoms with E-state index in [4.69, 9.17) is 4.74 Å². The minimum Gasteiger partial charge on any atom is -0.378 e. The SMILES string of the molecule is C=C/C=C(\C=C/C)C1C=CN(/C(=C\CN2CCCC(c3ccccc3)C2)N2CCOCC2)N1. The predicted molar refractivity (Wildman–Crippen MR) is 136 cm³/mol. The van der Waals surface area contributed by atoms with Crippen LogP contribution in [-0.4, -0.2) is 66.8 Å². The average molecular weight is 447 g/mol. The van der Waals surface area contributed by atoms with Gasteiger partial charge in [-0.3, -0.25) is 9.91 Å². The second-order valence-electron chi connectivity index (χ2n) is 8.89. The zero-order valence-electron chi connectivity index (χ0n) is 19.9. The van der Waals surface area contributed by atoms with Gasteiger partial charge in [0.1, 0.15) is 5.82 Å². The van der Waals surface area contributed by atoms with Crippen LogP contribution in [0.3, 0.4) is 0 Å². The molecule has 2 saturated heterocycles. The van der Waals surface area contributed by atoms with Crippen LogP contribution in [0.15, 0.2) is 91.0 Å². The van der Waals surface area contributed by atoms with Crippen LogP contribution in [0.4, 0.5) is 0 Å². The maximum atomic E-state index is 5.63. The minimum absolute atomic E-state index is 0.140. The molecule has 2 unspecified atom stereocenters.